The highest BCUT2D eigenvalue weighted by Gasteiger charge is 2.18. The first-order chi connectivity index (χ1) is 17.4. The summed E-state index contributed by atoms with van der Waals surface area (Å²) in [6, 6.07) is 20.8. The third-order valence-electron chi connectivity index (χ3n) is 5.91. The van der Waals surface area contributed by atoms with Gasteiger partial charge in [0.2, 0.25) is 4.80 Å². The van der Waals surface area contributed by atoms with E-state index in [0.29, 0.717) is 22.2 Å². The monoisotopic (exact) mass is 498 g/mol. The van der Waals surface area contributed by atoms with E-state index in [4.69, 9.17) is 14.8 Å². The Morgan fingerprint density at radius 1 is 1.08 bits per heavy atom. The van der Waals surface area contributed by atoms with Gasteiger partial charge in [-0.25, -0.2) is 9.67 Å². The highest BCUT2D eigenvalue weighted by atomic mass is 32.1. The van der Waals surface area contributed by atoms with Gasteiger partial charge in [-0.1, -0.05) is 26.0 Å². The number of aromatic nitrogens is 1. The lowest BCUT2D eigenvalue weighted by Gasteiger charge is -2.18. The Bertz CT molecular complexity index is 1510. The number of carbonyl (C=O) groups is 1. The van der Waals surface area contributed by atoms with Gasteiger partial charge in [0.25, 0.3) is 5.91 Å². The number of benzene rings is 3. The Hall–Kier alpha value is -4.17. The fourth-order valence-corrected chi connectivity index (χ4v) is 4.72. The van der Waals surface area contributed by atoms with E-state index in [1.165, 1.54) is 16.9 Å². The van der Waals surface area contributed by atoms with Crippen molar-refractivity contribution in [1.29, 1.82) is 0 Å². The van der Waals surface area contributed by atoms with E-state index in [1.54, 1.807) is 12.1 Å². The number of ether oxygens (including phenoxy) is 1. The minimum absolute atomic E-state index is 0.0134. The van der Waals surface area contributed by atoms with Crippen molar-refractivity contribution in [2.45, 2.75) is 26.7 Å². The Morgan fingerprint density at radius 3 is 2.56 bits per heavy atom. The second-order valence-electron chi connectivity index (χ2n) is 8.85. The van der Waals surface area contributed by atoms with Gasteiger partial charge in [-0.3, -0.25) is 4.79 Å². The summed E-state index contributed by atoms with van der Waals surface area (Å²) in [7, 11) is 0. The Kier molecular flexibility index (Phi) is 6.43. The fourth-order valence-electron chi connectivity index (χ4n) is 3.87. The molecular weight excluding hydrogens is 472 g/mol. The van der Waals surface area contributed by atoms with Crippen LogP contribution in [0, 0.1) is 0 Å². The molecule has 4 aromatic rings. The minimum atomic E-state index is -0.181. The molecule has 8 heteroatoms. The van der Waals surface area contributed by atoms with Gasteiger partial charge in [0.15, 0.2) is 6.61 Å². The van der Waals surface area contributed by atoms with Crippen LogP contribution in [0.15, 0.2) is 82.2 Å². The van der Waals surface area contributed by atoms with Gasteiger partial charge in [-0.15, -0.1) is 11.3 Å². The first-order valence-corrected chi connectivity index (χ1v) is 12.5. The molecule has 2 N–H and O–H groups in total. The summed E-state index contributed by atoms with van der Waals surface area (Å²) >= 11 is 1.48. The van der Waals surface area contributed by atoms with Crippen molar-refractivity contribution in [2.24, 2.45) is 10.1 Å². The highest BCUT2D eigenvalue weighted by Crippen LogP contribution is 2.33. The van der Waals surface area contributed by atoms with Crippen molar-refractivity contribution in [3.8, 4) is 22.8 Å². The average Bonchev–Trinajstić information content (AvgIpc) is 3.26. The number of carbonyl (C=O) groups excluding carboxylic acids is 1. The van der Waals surface area contributed by atoms with Crippen molar-refractivity contribution in [3.05, 3.63) is 88.0 Å². The van der Waals surface area contributed by atoms with E-state index >= 15 is 0 Å². The number of phenolic OH excluding ortho intramolecular Hbond substituents is 1. The Balaban J connectivity index is 1.63. The van der Waals surface area contributed by atoms with E-state index in [1.807, 2.05) is 59.4 Å². The number of fused-ring (bicyclic) bond motifs is 1. The number of nitrogens with one attached hydrogen (secondary N) is 1. The molecule has 1 aromatic heterocycles. The average molecular weight is 499 g/mol. The molecule has 7 nitrogen and oxygen atoms in total. The van der Waals surface area contributed by atoms with Crippen LogP contribution in [0.1, 0.15) is 37.8 Å². The van der Waals surface area contributed by atoms with Crippen molar-refractivity contribution in [1.82, 2.24) is 4.68 Å². The number of rotatable bonds is 5. The quantitative estimate of drug-likeness (QED) is 0.337. The maximum atomic E-state index is 11.8. The molecule has 1 aliphatic rings. The number of phenols is 1. The maximum Gasteiger partial charge on any atom is 0.262 e. The molecular formula is C28H26N4O3S. The van der Waals surface area contributed by atoms with Crippen molar-refractivity contribution in [2.75, 3.05) is 11.9 Å². The molecule has 0 fully saturated rings. The molecule has 0 radical (unpaired) electrons. The predicted molar refractivity (Wildman–Crippen MR) is 143 cm³/mol. The zero-order valence-corrected chi connectivity index (χ0v) is 21.0. The zero-order chi connectivity index (χ0) is 25.2. The molecule has 0 saturated carbocycles. The van der Waals surface area contributed by atoms with Crippen LogP contribution >= 0.6 is 11.3 Å². The smallest absolute Gasteiger partial charge is 0.262 e. The largest absolute Gasteiger partial charge is 0.508 e. The molecule has 5 rings (SSSR count). The third-order valence-corrected chi connectivity index (χ3v) is 6.73. The number of hydrogen-bond acceptors (Lipinski definition) is 6. The van der Waals surface area contributed by atoms with E-state index in [0.717, 1.165) is 28.2 Å². The molecule has 0 aliphatic carbocycles. The van der Waals surface area contributed by atoms with Crippen LogP contribution in [0.3, 0.4) is 0 Å². The highest BCUT2D eigenvalue weighted by molar-refractivity contribution is 7.07. The number of amides is 1. The van der Waals surface area contributed by atoms with E-state index < -0.39 is 0 Å². The molecule has 0 unspecified atom stereocenters. The molecule has 1 amide bonds. The number of hydrogen-bond donors (Lipinski definition) is 2. The molecule has 182 valence electrons. The van der Waals surface area contributed by atoms with Crippen LogP contribution in [-0.2, 0) is 4.79 Å². The van der Waals surface area contributed by atoms with Gasteiger partial charge in [-0.2, -0.15) is 5.10 Å². The lowest BCUT2D eigenvalue weighted by molar-refractivity contribution is -0.118. The van der Waals surface area contributed by atoms with Gasteiger partial charge in [0.05, 0.1) is 22.8 Å². The molecule has 1 aliphatic heterocycles. The van der Waals surface area contributed by atoms with Crippen LogP contribution in [0.5, 0.6) is 11.5 Å². The topological polar surface area (TPSA) is 88.2 Å². The molecule has 0 spiro atoms. The van der Waals surface area contributed by atoms with E-state index in [9.17, 15) is 9.90 Å². The predicted octanol–water partition coefficient (Wildman–Crippen LogP) is 5.88. The first kappa shape index (κ1) is 23.6. The molecule has 3 aromatic carbocycles. The third kappa shape index (κ3) is 4.94. The number of nitrogens with zero attached hydrogens (tertiary/aromatic N) is 3. The fraction of sp³-hybridized carbons (Fsp3) is 0.179. The summed E-state index contributed by atoms with van der Waals surface area (Å²) in [4.78, 5) is 17.4. The maximum absolute atomic E-state index is 11.8. The van der Waals surface area contributed by atoms with Crippen LogP contribution < -0.4 is 14.9 Å². The molecule has 2 heterocycles. The van der Waals surface area contributed by atoms with Crippen LogP contribution in [0.25, 0.3) is 11.3 Å². The normalized spacial score (nSPS) is 13.9. The van der Waals surface area contributed by atoms with Crippen molar-refractivity contribution in [3.63, 3.8) is 0 Å². The number of anilines is 1. The van der Waals surface area contributed by atoms with Crippen molar-refractivity contribution < 1.29 is 14.6 Å². The Morgan fingerprint density at radius 2 is 1.83 bits per heavy atom. The van der Waals surface area contributed by atoms with Gasteiger partial charge in [0, 0.05) is 10.9 Å². The van der Waals surface area contributed by atoms with Gasteiger partial charge < -0.3 is 15.2 Å². The summed E-state index contributed by atoms with van der Waals surface area (Å²) in [6.07, 6.45) is 0. The summed E-state index contributed by atoms with van der Waals surface area (Å²) in [5.74, 6) is 1.11. The summed E-state index contributed by atoms with van der Waals surface area (Å²) in [5, 5.41) is 19.5. The zero-order valence-electron chi connectivity index (χ0n) is 20.2. The first-order valence-electron chi connectivity index (χ1n) is 11.6. The minimum Gasteiger partial charge on any atom is -0.508 e. The van der Waals surface area contributed by atoms with Gasteiger partial charge in [-0.05, 0) is 78.6 Å². The molecule has 36 heavy (non-hydrogen) atoms. The lowest BCUT2D eigenvalue weighted by atomic mass is 10.0. The number of aromatic hydroxyl groups is 1. The van der Waals surface area contributed by atoms with Crippen LogP contribution in [0.4, 0.5) is 11.4 Å². The summed E-state index contributed by atoms with van der Waals surface area (Å²) in [6.45, 7) is 6.26. The van der Waals surface area contributed by atoms with Gasteiger partial charge in [0.1, 0.15) is 11.5 Å². The van der Waals surface area contributed by atoms with Crippen LogP contribution in [0.2, 0.25) is 0 Å². The molecule has 0 bridgehead atoms. The standard InChI is InChI=1S/C28H26N4O3S/c1-17(2)19-4-9-22(10-5-19)29-28-32(31-18(3)20-6-11-23(33)12-7-20)25(16-36-28)21-8-13-26-24(14-21)30-27(34)15-35-26/h4-14,16-17,33H,15H2,1-3H3,(H,30,34). The van der Waals surface area contributed by atoms with E-state index in [2.05, 4.69) is 31.3 Å². The van der Waals surface area contributed by atoms with Gasteiger partial charge >= 0.3 is 0 Å². The van der Waals surface area contributed by atoms with Crippen LogP contribution in [-0.4, -0.2) is 28.0 Å². The lowest BCUT2D eigenvalue weighted by Crippen LogP contribution is -2.25. The second kappa shape index (κ2) is 9.83. The Labute approximate surface area is 213 Å². The second-order valence-corrected chi connectivity index (χ2v) is 9.69. The SMILES string of the molecule is CC(=Nn1c(-c2ccc3c(c2)NC(=O)CO3)csc1=Nc1ccc(C(C)C)cc1)c1ccc(O)cc1. The molecule has 0 saturated heterocycles. The summed E-state index contributed by atoms with van der Waals surface area (Å²) in [5.41, 5.74) is 6.08. The van der Waals surface area contributed by atoms with E-state index in [-0.39, 0.29) is 18.3 Å². The molecule has 0 atom stereocenters. The number of thiazole rings is 1. The summed E-state index contributed by atoms with van der Waals surface area (Å²) < 4.78 is 7.33. The van der Waals surface area contributed by atoms with Crippen molar-refractivity contribution >= 4 is 34.3 Å².